The third kappa shape index (κ3) is 4.48. The van der Waals surface area contributed by atoms with Gasteiger partial charge in [-0.05, 0) is 11.6 Å². The molecule has 1 amide bonds. The number of ether oxygens (including phenoxy) is 1. The van der Waals surface area contributed by atoms with E-state index in [1.54, 1.807) is 7.05 Å². The fraction of sp³-hybridized carbons (Fsp3) is 0.308. The van der Waals surface area contributed by atoms with Gasteiger partial charge in [-0.3, -0.25) is 9.59 Å². The lowest BCUT2D eigenvalue weighted by Crippen LogP contribution is -2.30. The summed E-state index contributed by atoms with van der Waals surface area (Å²) in [5, 5.41) is 0. The van der Waals surface area contributed by atoms with Gasteiger partial charge in [0.25, 0.3) is 0 Å². The highest BCUT2D eigenvalue weighted by Crippen LogP contribution is 2.17. The molecule has 19 heavy (non-hydrogen) atoms. The van der Waals surface area contributed by atoms with E-state index in [1.165, 1.54) is 4.90 Å². The molecule has 0 saturated carbocycles. The Bertz CT molecular complexity index is 501. The summed E-state index contributed by atoms with van der Waals surface area (Å²) in [6.07, 6.45) is -0.479. The average molecular weight is 328 g/mol. The van der Waals surface area contributed by atoms with Gasteiger partial charge in [-0.2, -0.15) is 0 Å². The van der Waals surface area contributed by atoms with Crippen molar-refractivity contribution in [1.29, 1.82) is 0 Å². The molecule has 6 heteroatoms. The Balaban J connectivity index is 2.61. The number of ketones is 1. The second-order valence-electron chi connectivity index (χ2n) is 3.93. The zero-order valence-corrected chi connectivity index (χ0v) is 12.3. The first-order valence-electron chi connectivity index (χ1n) is 5.54. The fourth-order valence-corrected chi connectivity index (χ4v) is 1.84. The van der Waals surface area contributed by atoms with Crippen LogP contribution in [0.1, 0.15) is 12.0 Å². The molecule has 102 valence electrons. The molecular weight excluding hydrogens is 314 g/mol. The van der Waals surface area contributed by atoms with Gasteiger partial charge >= 0.3 is 5.97 Å². The maximum atomic E-state index is 11.8. The van der Waals surface area contributed by atoms with E-state index < -0.39 is 24.1 Å². The van der Waals surface area contributed by atoms with Crippen LogP contribution in [-0.4, -0.2) is 36.7 Å². The molecule has 1 rings (SSSR count). The quantitative estimate of drug-likeness (QED) is 0.467. The van der Waals surface area contributed by atoms with Crippen molar-refractivity contribution in [3.05, 3.63) is 34.3 Å². The lowest BCUT2D eigenvalue weighted by atomic mass is 10.2. The van der Waals surface area contributed by atoms with Crippen LogP contribution in [0.4, 0.5) is 0 Å². The van der Waals surface area contributed by atoms with Crippen LogP contribution in [0.25, 0.3) is 0 Å². The van der Waals surface area contributed by atoms with E-state index in [2.05, 4.69) is 20.7 Å². The monoisotopic (exact) mass is 327 g/mol. The molecule has 0 aliphatic heterocycles. The fourth-order valence-electron chi connectivity index (χ4n) is 1.43. The van der Waals surface area contributed by atoms with Crippen LogP contribution in [0.15, 0.2) is 28.7 Å². The van der Waals surface area contributed by atoms with Crippen molar-refractivity contribution in [3.8, 4) is 0 Å². The first-order valence-corrected chi connectivity index (χ1v) is 6.33. The number of halogens is 1. The van der Waals surface area contributed by atoms with Gasteiger partial charge in [0.1, 0.15) is 0 Å². The number of carbonyl (C=O) groups excluding carboxylic acids is 3. The number of benzene rings is 1. The van der Waals surface area contributed by atoms with Gasteiger partial charge in [-0.1, -0.05) is 34.1 Å². The number of methoxy groups -OCH3 is 1. The minimum atomic E-state index is -0.998. The summed E-state index contributed by atoms with van der Waals surface area (Å²) in [5.74, 6) is -2.26. The van der Waals surface area contributed by atoms with Gasteiger partial charge in [0.2, 0.25) is 11.7 Å². The standard InChI is InChI=1S/C13H14BrNO4/c1-15(8-9-5-3-4-6-10(9)14)12(17)7-11(16)13(18)19-2/h3-6H,7-8H2,1-2H3. The molecular formula is C13H14BrNO4. The molecule has 1 aromatic rings. The van der Waals surface area contributed by atoms with Crippen LogP contribution in [0.2, 0.25) is 0 Å². The maximum absolute atomic E-state index is 11.8. The normalized spacial score (nSPS) is 9.84. The first-order chi connectivity index (χ1) is 8.95. The molecule has 0 bridgehead atoms. The van der Waals surface area contributed by atoms with Crippen molar-refractivity contribution in [1.82, 2.24) is 4.90 Å². The van der Waals surface area contributed by atoms with Crippen molar-refractivity contribution in [3.63, 3.8) is 0 Å². The predicted molar refractivity (Wildman–Crippen MR) is 72.3 cm³/mol. The highest BCUT2D eigenvalue weighted by atomic mass is 79.9. The number of carbonyl (C=O) groups is 3. The number of Topliss-reactive ketones (excluding diaryl/α,β-unsaturated/α-hetero) is 1. The van der Waals surface area contributed by atoms with E-state index in [0.29, 0.717) is 6.54 Å². The van der Waals surface area contributed by atoms with Crippen LogP contribution in [0.3, 0.4) is 0 Å². The van der Waals surface area contributed by atoms with Gasteiger partial charge in [-0.25, -0.2) is 4.79 Å². The van der Waals surface area contributed by atoms with E-state index in [9.17, 15) is 14.4 Å². The molecule has 0 aliphatic carbocycles. The number of hydrogen-bond acceptors (Lipinski definition) is 4. The van der Waals surface area contributed by atoms with E-state index in [1.807, 2.05) is 24.3 Å². The third-order valence-electron chi connectivity index (χ3n) is 2.52. The number of rotatable bonds is 5. The number of esters is 1. The third-order valence-corrected chi connectivity index (χ3v) is 3.29. The number of hydrogen-bond donors (Lipinski definition) is 0. The Morgan fingerprint density at radius 1 is 1.26 bits per heavy atom. The number of amides is 1. The van der Waals surface area contributed by atoms with Gasteiger partial charge in [0, 0.05) is 18.1 Å². The minimum Gasteiger partial charge on any atom is -0.463 e. The molecule has 0 unspecified atom stereocenters. The molecule has 0 saturated heterocycles. The zero-order valence-electron chi connectivity index (χ0n) is 10.7. The van der Waals surface area contributed by atoms with E-state index in [-0.39, 0.29) is 0 Å². The summed E-state index contributed by atoms with van der Waals surface area (Å²) in [4.78, 5) is 35.4. The Kier molecular flexibility index (Phi) is 5.69. The number of nitrogens with zero attached hydrogens (tertiary/aromatic N) is 1. The van der Waals surface area contributed by atoms with E-state index >= 15 is 0 Å². The van der Waals surface area contributed by atoms with Crippen molar-refractivity contribution in [2.24, 2.45) is 0 Å². The highest BCUT2D eigenvalue weighted by Gasteiger charge is 2.21. The summed E-state index contributed by atoms with van der Waals surface area (Å²) in [6, 6.07) is 7.47. The van der Waals surface area contributed by atoms with Gasteiger partial charge in [0.05, 0.1) is 13.5 Å². The van der Waals surface area contributed by atoms with E-state index in [0.717, 1.165) is 17.1 Å². The van der Waals surface area contributed by atoms with Crippen molar-refractivity contribution < 1.29 is 19.1 Å². The highest BCUT2D eigenvalue weighted by molar-refractivity contribution is 9.10. The van der Waals surface area contributed by atoms with Crippen molar-refractivity contribution >= 4 is 33.6 Å². The molecule has 0 radical (unpaired) electrons. The zero-order chi connectivity index (χ0) is 14.4. The SMILES string of the molecule is COC(=O)C(=O)CC(=O)N(C)Cc1ccccc1Br. The Hall–Kier alpha value is -1.69. The average Bonchev–Trinajstić information content (AvgIpc) is 2.40. The Morgan fingerprint density at radius 2 is 1.89 bits per heavy atom. The summed E-state index contributed by atoms with van der Waals surface area (Å²) >= 11 is 3.38. The smallest absolute Gasteiger partial charge is 0.374 e. The Morgan fingerprint density at radius 3 is 2.47 bits per heavy atom. The summed E-state index contributed by atoms with van der Waals surface area (Å²) < 4.78 is 5.15. The first kappa shape index (κ1) is 15.4. The topological polar surface area (TPSA) is 63.7 Å². The van der Waals surface area contributed by atoms with Crippen LogP contribution >= 0.6 is 15.9 Å². The molecule has 5 nitrogen and oxygen atoms in total. The van der Waals surface area contributed by atoms with Crippen molar-refractivity contribution in [2.75, 3.05) is 14.2 Å². The van der Waals surface area contributed by atoms with Crippen LogP contribution in [0, 0.1) is 0 Å². The molecule has 0 atom stereocenters. The molecule has 0 N–H and O–H groups in total. The van der Waals surface area contributed by atoms with Gasteiger partial charge < -0.3 is 9.64 Å². The minimum absolute atomic E-state index is 0.356. The second kappa shape index (κ2) is 7.04. The van der Waals surface area contributed by atoms with Crippen LogP contribution in [-0.2, 0) is 25.7 Å². The van der Waals surface area contributed by atoms with Gasteiger partial charge in [-0.15, -0.1) is 0 Å². The molecule has 0 aromatic heterocycles. The lowest BCUT2D eigenvalue weighted by Gasteiger charge is -2.17. The Labute approximate surface area is 119 Å². The van der Waals surface area contributed by atoms with Crippen molar-refractivity contribution in [2.45, 2.75) is 13.0 Å². The largest absolute Gasteiger partial charge is 0.463 e. The summed E-state index contributed by atoms with van der Waals surface area (Å²) in [6.45, 7) is 0.356. The molecule has 0 fully saturated rings. The van der Waals surface area contributed by atoms with Gasteiger partial charge in [0.15, 0.2) is 0 Å². The van der Waals surface area contributed by atoms with Crippen LogP contribution in [0.5, 0.6) is 0 Å². The predicted octanol–water partition coefficient (Wildman–Crippen LogP) is 1.54. The maximum Gasteiger partial charge on any atom is 0.374 e. The van der Waals surface area contributed by atoms with E-state index in [4.69, 9.17) is 0 Å². The molecule has 0 heterocycles. The van der Waals surface area contributed by atoms with Crippen LogP contribution < -0.4 is 0 Å². The molecule has 0 spiro atoms. The summed E-state index contributed by atoms with van der Waals surface area (Å²) in [5.41, 5.74) is 0.920. The second-order valence-corrected chi connectivity index (χ2v) is 4.79. The lowest BCUT2D eigenvalue weighted by molar-refractivity contribution is -0.153. The molecule has 1 aromatic carbocycles. The summed E-state index contributed by atoms with van der Waals surface area (Å²) in [7, 11) is 2.68. The molecule has 0 aliphatic rings.